The first-order valence-electron chi connectivity index (χ1n) is 5.63. The van der Waals surface area contributed by atoms with E-state index in [-0.39, 0.29) is 0 Å². The van der Waals surface area contributed by atoms with Crippen LogP contribution in [0.25, 0.3) is 0 Å². The number of likely N-dealkylation sites (N-methyl/N-ethyl adjacent to an activating group) is 1. The molecule has 1 N–H and O–H groups in total. The molecule has 1 aromatic heterocycles. The molecule has 0 saturated carbocycles. The molecule has 0 aliphatic carbocycles. The molecule has 0 saturated heterocycles. The Hall–Kier alpha value is -1.02. The summed E-state index contributed by atoms with van der Waals surface area (Å²) < 4.78 is 5.32. The molecule has 84 valence electrons. The maximum Gasteiger partial charge on any atom is 0.103 e. The van der Waals surface area contributed by atoms with Gasteiger partial charge in [-0.3, -0.25) is 0 Å². The number of rotatable bonds is 6. The van der Waals surface area contributed by atoms with Crippen molar-refractivity contribution in [3.63, 3.8) is 0 Å². The lowest BCUT2D eigenvalue weighted by atomic mass is 10.1. The van der Waals surface area contributed by atoms with Gasteiger partial charge in [-0.1, -0.05) is 18.6 Å². The smallest absolute Gasteiger partial charge is 0.103 e. The maximum atomic E-state index is 5.32. The van der Waals surface area contributed by atoms with Gasteiger partial charge in [0.25, 0.3) is 0 Å². The van der Waals surface area contributed by atoms with E-state index in [1.807, 2.05) is 12.1 Å². The van der Waals surface area contributed by atoms with Gasteiger partial charge in [-0.2, -0.15) is 0 Å². The van der Waals surface area contributed by atoms with Crippen molar-refractivity contribution in [3.05, 3.63) is 35.8 Å². The third-order valence-electron chi connectivity index (χ3n) is 2.28. The van der Waals surface area contributed by atoms with Crippen molar-refractivity contribution in [1.29, 1.82) is 0 Å². The number of allylic oxidation sites excluding steroid dienone is 1. The predicted octanol–water partition coefficient (Wildman–Crippen LogP) is 3.16. The van der Waals surface area contributed by atoms with Crippen molar-refractivity contribution in [2.24, 2.45) is 0 Å². The highest BCUT2D eigenvalue weighted by Gasteiger charge is 2.05. The average molecular weight is 207 g/mol. The molecule has 0 spiro atoms. The van der Waals surface area contributed by atoms with Crippen LogP contribution < -0.4 is 5.32 Å². The molecule has 0 bridgehead atoms. The molecule has 0 radical (unpaired) electrons. The zero-order valence-corrected chi connectivity index (χ0v) is 9.92. The normalized spacial score (nSPS) is 12.5. The molecule has 1 atom stereocenters. The van der Waals surface area contributed by atoms with Gasteiger partial charge in [0.15, 0.2) is 0 Å². The molecule has 0 amide bonds. The van der Waals surface area contributed by atoms with E-state index in [9.17, 15) is 0 Å². The van der Waals surface area contributed by atoms with Crippen LogP contribution in [0.1, 0.15) is 33.0 Å². The van der Waals surface area contributed by atoms with Crippen LogP contribution in [-0.4, -0.2) is 12.6 Å². The Bertz CT molecular complexity index is 283. The van der Waals surface area contributed by atoms with Gasteiger partial charge in [0.1, 0.15) is 5.76 Å². The van der Waals surface area contributed by atoms with Gasteiger partial charge in [0.05, 0.1) is 6.26 Å². The van der Waals surface area contributed by atoms with Crippen molar-refractivity contribution < 1.29 is 4.42 Å². The number of hydrogen-bond acceptors (Lipinski definition) is 2. The Morgan fingerprint density at radius 1 is 1.53 bits per heavy atom. The van der Waals surface area contributed by atoms with E-state index in [0.717, 1.165) is 25.1 Å². The third-order valence-corrected chi connectivity index (χ3v) is 2.28. The second-order valence-corrected chi connectivity index (χ2v) is 4.03. The highest BCUT2D eigenvalue weighted by atomic mass is 16.3. The fourth-order valence-corrected chi connectivity index (χ4v) is 1.66. The van der Waals surface area contributed by atoms with Gasteiger partial charge in [-0.25, -0.2) is 0 Å². The highest BCUT2D eigenvalue weighted by Crippen LogP contribution is 2.08. The van der Waals surface area contributed by atoms with Crippen molar-refractivity contribution in [2.75, 3.05) is 6.54 Å². The molecule has 1 heterocycles. The Balaban J connectivity index is 2.41. The minimum Gasteiger partial charge on any atom is -0.469 e. The SMILES string of the molecule is CCNC(C=C(C)C)CCc1ccco1. The summed E-state index contributed by atoms with van der Waals surface area (Å²) in [6, 6.07) is 4.44. The standard InChI is InChI=1S/C13H21NO/c1-4-14-12(10-11(2)3)7-8-13-6-5-9-15-13/h5-6,9-10,12,14H,4,7-8H2,1-3H3. The van der Waals surface area contributed by atoms with Crippen LogP contribution in [-0.2, 0) is 6.42 Å². The average Bonchev–Trinajstić information content (AvgIpc) is 2.66. The Labute approximate surface area is 92.4 Å². The van der Waals surface area contributed by atoms with Crippen LogP contribution in [0.5, 0.6) is 0 Å². The number of furan rings is 1. The summed E-state index contributed by atoms with van der Waals surface area (Å²) in [5.41, 5.74) is 1.36. The summed E-state index contributed by atoms with van der Waals surface area (Å²) in [7, 11) is 0. The van der Waals surface area contributed by atoms with Crippen LogP contribution >= 0.6 is 0 Å². The van der Waals surface area contributed by atoms with Crippen LogP contribution in [0.15, 0.2) is 34.5 Å². The molecule has 15 heavy (non-hydrogen) atoms. The van der Waals surface area contributed by atoms with Crippen molar-refractivity contribution >= 4 is 0 Å². The number of nitrogens with one attached hydrogen (secondary N) is 1. The summed E-state index contributed by atoms with van der Waals surface area (Å²) in [4.78, 5) is 0. The van der Waals surface area contributed by atoms with Gasteiger partial charge in [-0.05, 0) is 38.9 Å². The van der Waals surface area contributed by atoms with Gasteiger partial charge in [0, 0.05) is 12.5 Å². The van der Waals surface area contributed by atoms with E-state index in [1.165, 1.54) is 5.57 Å². The Kier molecular flexibility index (Phi) is 5.19. The monoisotopic (exact) mass is 207 g/mol. The fourth-order valence-electron chi connectivity index (χ4n) is 1.66. The highest BCUT2D eigenvalue weighted by molar-refractivity contribution is 5.04. The predicted molar refractivity (Wildman–Crippen MR) is 63.9 cm³/mol. The van der Waals surface area contributed by atoms with Crippen LogP contribution in [0.3, 0.4) is 0 Å². The van der Waals surface area contributed by atoms with Crippen LogP contribution in [0.4, 0.5) is 0 Å². The zero-order chi connectivity index (χ0) is 11.1. The lowest BCUT2D eigenvalue weighted by Crippen LogP contribution is -2.27. The zero-order valence-electron chi connectivity index (χ0n) is 9.92. The first-order valence-corrected chi connectivity index (χ1v) is 5.63. The first kappa shape index (κ1) is 12.1. The molecule has 0 fully saturated rings. The van der Waals surface area contributed by atoms with Gasteiger partial charge in [0.2, 0.25) is 0 Å². The van der Waals surface area contributed by atoms with E-state index in [4.69, 9.17) is 4.42 Å². The summed E-state index contributed by atoms with van der Waals surface area (Å²) in [5, 5.41) is 3.46. The lowest BCUT2D eigenvalue weighted by Gasteiger charge is -2.13. The Morgan fingerprint density at radius 3 is 2.87 bits per heavy atom. The minimum absolute atomic E-state index is 0.463. The molecule has 1 aromatic rings. The van der Waals surface area contributed by atoms with E-state index in [0.29, 0.717) is 6.04 Å². The summed E-state index contributed by atoms with van der Waals surface area (Å²) in [6.45, 7) is 7.42. The van der Waals surface area contributed by atoms with E-state index in [1.54, 1.807) is 6.26 Å². The minimum atomic E-state index is 0.463. The number of aryl methyl sites for hydroxylation is 1. The first-order chi connectivity index (χ1) is 7.22. The summed E-state index contributed by atoms with van der Waals surface area (Å²) >= 11 is 0. The van der Waals surface area contributed by atoms with E-state index >= 15 is 0 Å². The second-order valence-electron chi connectivity index (χ2n) is 4.03. The molecule has 0 aliphatic heterocycles. The third kappa shape index (κ3) is 4.84. The van der Waals surface area contributed by atoms with Crippen LogP contribution in [0.2, 0.25) is 0 Å². The van der Waals surface area contributed by atoms with E-state index in [2.05, 4.69) is 32.2 Å². The lowest BCUT2D eigenvalue weighted by molar-refractivity contribution is 0.479. The molecule has 1 rings (SSSR count). The molecule has 1 unspecified atom stereocenters. The van der Waals surface area contributed by atoms with Crippen molar-refractivity contribution in [1.82, 2.24) is 5.32 Å². The Morgan fingerprint density at radius 2 is 2.33 bits per heavy atom. The molecule has 0 aromatic carbocycles. The second kappa shape index (κ2) is 6.46. The van der Waals surface area contributed by atoms with Crippen molar-refractivity contribution in [3.8, 4) is 0 Å². The molecular formula is C13H21NO. The molecule has 0 aliphatic rings. The number of hydrogen-bond donors (Lipinski definition) is 1. The molecule has 2 nitrogen and oxygen atoms in total. The summed E-state index contributed by atoms with van der Waals surface area (Å²) in [6.07, 6.45) is 6.10. The molecule has 2 heteroatoms. The fraction of sp³-hybridized carbons (Fsp3) is 0.538. The van der Waals surface area contributed by atoms with Crippen molar-refractivity contribution in [2.45, 2.75) is 39.7 Å². The van der Waals surface area contributed by atoms with Gasteiger partial charge in [-0.15, -0.1) is 0 Å². The van der Waals surface area contributed by atoms with Gasteiger partial charge >= 0.3 is 0 Å². The van der Waals surface area contributed by atoms with Gasteiger partial charge < -0.3 is 9.73 Å². The maximum absolute atomic E-state index is 5.32. The van der Waals surface area contributed by atoms with Crippen LogP contribution in [0, 0.1) is 0 Å². The van der Waals surface area contributed by atoms with E-state index < -0.39 is 0 Å². The summed E-state index contributed by atoms with van der Waals surface area (Å²) in [5.74, 6) is 1.07. The quantitative estimate of drug-likeness (QED) is 0.725. The molecular weight excluding hydrogens is 186 g/mol. The topological polar surface area (TPSA) is 25.2 Å². The largest absolute Gasteiger partial charge is 0.469 e.